The number of hydrogen-bond donors (Lipinski definition) is 2. The molecule has 0 atom stereocenters. The van der Waals surface area contributed by atoms with Crippen molar-refractivity contribution in [2.45, 2.75) is 0 Å². The van der Waals surface area contributed by atoms with Gasteiger partial charge in [-0.3, -0.25) is 0 Å². The largest absolute Gasteiger partial charge is 0.426 e. The molecule has 0 aliphatic rings. The third-order valence-corrected chi connectivity index (χ3v) is 2.69. The standard InChI is InChI=1S/C7H10NOSi/c8-6-10(9)7-4-2-1-3-5-7/h1-5,9H,6,8H2. The minimum Gasteiger partial charge on any atom is -0.426 e. The van der Waals surface area contributed by atoms with Gasteiger partial charge in [-0.1, -0.05) is 30.3 Å². The lowest BCUT2D eigenvalue weighted by molar-refractivity contribution is 0.585. The first kappa shape index (κ1) is 7.46. The number of hydrogen-bond acceptors (Lipinski definition) is 2. The van der Waals surface area contributed by atoms with Crippen molar-refractivity contribution < 1.29 is 4.80 Å². The highest BCUT2D eigenvalue weighted by Crippen LogP contribution is 1.83. The van der Waals surface area contributed by atoms with Crippen molar-refractivity contribution >= 4 is 14.2 Å². The zero-order chi connectivity index (χ0) is 7.40. The molecule has 1 rings (SSSR count). The van der Waals surface area contributed by atoms with Gasteiger partial charge in [-0.05, 0) is 5.19 Å². The summed E-state index contributed by atoms with van der Waals surface area (Å²) < 4.78 is 0. The zero-order valence-corrected chi connectivity index (χ0v) is 6.62. The number of benzene rings is 1. The van der Waals surface area contributed by atoms with E-state index in [0.717, 1.165) is 5.19 Å². The molecule has 0 heterocycles. The highest BCUT2D eigenvalue weighted by molar-refractivity contribution is 6.66. The van der Waals surface area contributed by atoms with Gasteiger partial charge in [0, 0.05) is 6.17 Å². The molecule has 1 aromatic rings. The van der Waals surface area contributed by atoms with Crippen LogP contribution >= 0.6 is 0 Å². The highest BCUT2D eigenvalue weighted by Gasteiger charge is 2.06. The Kier molecular flexibility index (Phi) is 2.62. The maximum absolute atomic E-state index is 9.31. The fourth-order valence-electron chi connectivity index (χ4n) is 0.748. The van der Waals surface area contributed by atoms with Crippen LogP contribution in [0.1, 0.15) is 0 Å². The second kappa shape index (κ2) is 3.51. The Balaban J connectivity index is 2.75. The average molecular weight is 152 g/mol. The van der Waals surface area contributed by atoms with E-state index in [1.807, 2.05) is 30.3 Å². The summed E-state index contributed by atoms with van der Waals surface area (Å²) in [4.78, 5) is 9.31. The van der Waals surface area contributed by atoms with Gasteiger partial charge in [-0.25, -0.2) is 0 Å². The fraction of sp³-hybridized carbons (Fsp3) is 0.143. The molecule has 1 aromatic carbocycles. The summed E-state index contributed by atoms with van der Waals surface area (Å²) in [7, 11) is -1.43. The molecular weight excluding hydrogens is 142 g/mol. The first-order valence-corrected chi connectivity index (χ1v) is 4.80. The van der Waals surface area contributed by atoms with Gasteiger partial charge in [0.15, 0.2) is 0 Å². The molecule has 0 aromatic heterocycles. The molecule has 1 radical (unpaired) electrons. The molecular formula is C7H10NOSi. The van der Waals surface area contributed by atoms with Crippen LogP contribution in [0.5, 0.6) is 0 Å². The monoisotopic (exact) mass is 152 g/mol. The third kappa shape index (κ3) is 1.67. The van der Waals surface area contributed by atoms with Crippen LogP contribution in [0.4, 0.5) is 0 Å². The maximum atomic E-state index is 9.31. The second-order valence-electron chi connectivity index (χ2n) is 2.02. The summed E-state index contributed by atoms with van der Waals surface area (Å²) in [5.41, 5.74) is 5.30. The number of rotatable bonds is 2. The topological polar surface area (TPSA) is 46.2 Å². The Morgan fingerprint density at radius 3 is 2.40 bits per heavy atom. The predicted octanol–water partition coefficient (Wildman–Crippen LogP) is -0.625. The highest BCUT2D eigenvalue weighted by atomic mass is 28.3. The minimum absolute atomic E-state index is 0.384. The SMILES string of the molecule is NC[Si](O)c1ccccc1. The Labute approximate surface area is 62.0 Å². The van der Waals surface area contributed by atoms with Crippen LogP contribution in [0.25, 0.3) is 0 Å². The van der Waals surface area contributed by atoms with E-state index in [1.54, 1.807) is 0 Å². The zero-order valence-electron chi connectivity index (χ0n) is 5.62. The maximum Gasteiger partial charge on any atom is 0.257 e. The molecule has 53 valence electrons. The molecule has 3 heteroatoms. The smallest absolute Gasteiger partial charge is 0.257 e. The van der Waals surface area contributed by atoms with Gasteiger partial charge >= 0.3 is 0 Å². The Morgan fingerprint density at radius 2 is 1.90 bits per heavy atom. The van der Waals surface area contributed by atoms with E-state index in [-0.39, 0.29) is 0 Å². The molecule has 0 saturated carbocycles. The lowest BCUT2D eigenvalue weighted by atomic mass is 10.4. The molecule has 10 heavy (non-hydrogen) atoms. The van der Waals surface area contributed by atoms with E-state index >= 15 is 0 Å². The average Bonchev–Trinajstić information content (AvgIpc) is 2.05. The lowest BCUT2D eigenvalue weighted by Crippen LogP contribution is -2.37. The molecule has 0 fully saturated rings. The first-order chi connectivity index (χ1) is 4.84. The van der Waals surface area contributed by atoms with E-state index in [0.29, 0.717) is 6.17 Å². The van der Waals surface area contributed by atoms with Crippen LogP contribution in [0.15, 0.2) is 30.3 Å². The van der Waals surface area contributed by atoms with Crippen LogP contribution in [-0.4, -0.2) is 20.0 Å². The van der Waals surface area contributed by atoms with Crippen molar-refractivity contribution in [3.05, 3.63) is 30.3 Å². The molecule has 0 bridgehead atoms. The quantitative estimate of drug-likeness (QED) is 0.555. The van der Waals surface area contributed by atoms with Crippen LogP contribution < -0.4 is 10.9 Å². The van der Waals surface area contributed by atoms with Gasteiger partial charge in [0.2, 0.25) is 0 Å². The van der Waals surface area contributed by atoms with E-state index in [2.05, 4.69) is 0 Å². The van der Waals surface area contributed by atoms with Crippen molar-refractivity contribution in [3.63, 3.8) is 0 Å². The van der Waals surface area contributed by atoms with Gasteiger partial charge in [-0.2, -0.15) is 0 Å². The lowest BCUT2D eigenvalue weighted by Gasteiger charge is -2.02. The molecule has 3 N–H and O–H groups in total. The fourth-order valence-corrected chi connectivity index (χ4v) is 1.56. The summed E-state index contributed by atoms with van der Waals surface area (Å²) in [5.74, 6) is 0. The van der Waals surface area contributed by atoms with Crippen LogP contribution in [0.2, 0.25) is 0 Å². The molecule has 0 unspecified atom stereocenters. The molecule has 0 aliphatic heterocycles. The van der Waals surface area contributed by atoms with Crippen molar-refractivity contribution in [2.75, 3.05) is 6.17 Å². The van der Waals surface area contributed by atoms with Gasteiger partial charge in [0.25, 0.3) is 9.04 Å². The van der Waals surface area contributed by atoms with Crippen molar-refractivity contribution in [1.82, 2.24) is 0 Å². The van der Waals surface area contributed by atoms with E-state index in [4.69, 9.17) is 5.73 Å². The van der Waals surface area contributed by atoms with Gasteiger partial charge in [0.1, 0.15) is 0 Å². The summed E-state index contributed by atoms with van der Waals surface area (Å²) in [6.45, 7) is 0. The third-order valence-electron chi connectivity index (χ3n) is 1.30. The number of nitrogens with two attached hydrogens (primary N) is 1. The first-order valence-electron chi connectivity index (χ1n) is 3.15. The summed E-state index contributed by atoms with van der Waals surface area (Å²) in [6.07, 6.45) is 0.384. The van der Waals surface area contributed by atoms with E-state index in [9.17, 15) is 4.80 Å². The summed E-state index contributed by atoms with van der Waals surface area (Å²) >= 11 is 0. The Bertz CT molecular complexity index is 190. The van der Waals surface area contributed by atoms with Crippen LogP contribution in [-0.2, 0) is 0 Å². The molecule has 0 amide bonds. The van der Waals surface area contributed by atoms with E-state index in [1.165, 1.54) is 0 Å². The predicted molar refractivity (Wildman–Crippen MR) is 43.1 cm³/mol. The van der Waals surface area contributed by atoms with Gasteiger partial charge in [0.05, 0.1) is 0 Å². The Hall–Kier alpha value is -0.643. The van der Waals surface area contributed by atoms with Crippen molar-refractivity contribution in [1.29, 1.82) is 0 Å². The normalized spacial score (nSPS) is 10.3. The van der Waals surface area contributed by atoms with Crippen molar-refractivity contribution in [2.24, 2.45) is 5.73 Å². The van der Waals surface area contributed by atoms with Crippen LogP contribution in [0, 0.1) is 0 Å². The second-order valence-corrected chi connectivity index (χ2v) is 3.90. The molecule has 0 saturated heterocycles. The van der Waals surface area contributed by atoms with Crippen LogP contribution in [0.3, 0.4) is 0 Å². The summed E-state index contributed by atoms with van der Waals surface area (Å²) in [5, 5.41) is 0.981. The Morgan fingerprint density at radius 1 is 1.30 bits per heavy atom. The minimum atomic E-state index is -1.43. The van der Waals surface area contributed by atoms with Crippen molar-refractivity contribution in [3.8, 4) is 0 Å². The molecule has 2 nitrogen and oxygen atoms in total. The van der Waals surface area contributed by atoms with Gasteiger partial charge in [-0.15, -0.1) is 0 Å². The molecule has 0 aliphatic carbocycles. The molecule has 0 spiro atoms. The van der Waals surface area contributed by atoms with E-state index < -0.39 is 9.04 Å². The summed E-state index contributed by atoms with van der Waals surface area (Å²) in [6, 6.07) is 9.55. The van der Waals surface area contributed by atoms with Gasteiger partial charge < -0.3 is 10.5 Å².